The Morgan fingerprint density at radius 3 is 2.67 bits per heavy atom. The van der Waals surface area contributed by atoms with Crippen LogP contribution in [0, 0.1) is 12.8 Å². The van der Waals surface area contributed by atoms with Crippen molar-refractivity contribution in [3.05, 3.63) is 34.3 Å². The quantitative estimate of drug-likeness (QED) is 0.699. The lowest BCUT2D eigenvalue weighted by molar-refractivity contribution is 0.0963. The number of hydrogen-bond acceptors (Lipinski definition) is 1. The molecule has 0 N–H and O–H groups in total. The summed E-state index contributed by atoms with van der Waals surface area (Å²) in [5, 5.41) is 0.671. The van der Waals surface area contributed by atoms with E-state index >= 15 is 0 Å². The predicted molar refractivity (Wildman–Crippen MR) is 64.6 cm³/mol. The van der Waals surface area contributed by atoms with E-state index in [0.717, 1.165) is 17.5 Å². The van der Waals surface area contributed by atoms with Gasteiger partial charge in [0.05, 0.1) is 0 Å². The molecule has 0 bridgehead atoms. The molecule has 2 heteroatoms. The van der Waals surface area contributed by atoms with Gasteiger partial charge in [0.25, 0.3) is 0 Å². The molecule has 82 valence electrons. The van der Waals surface area contributed by atoms with Crippen LogP contribution in [0.2, 0.25) is 5.02 Å². The molecule has 0 radical (unpaired) electrons. The molecule has 0 spiro atoms. The largest absolute Gasteiger partial charge is 0.294 e. The summed E-state index contributed by atoms with van der Waals surface area (Å²) in [7, 11) is 0. The minimum atomic E-state index is 0.186. The van der Waals surface area contributed by atoms with E-state index in [1.807, 2.05) is 19.1 Å². The molecule has 1 nitrogen and oxygen atoms in total. The molecule has 0 aliphatic carbocycles. The summed E-state index contributed by atoms with van der Waals surface area (Å²) in [5.74, 6) is 0.629. The van der Waals surface area contributed by atoms with E-state index in [-0.39, 0.29) is 5.78 Å². The van der Waals surface area contributed by atoms with Crippen LogP contribution in [-0.4, -0.2) is 5.78 Å². The SMILES string of the molecule is CCC(C)CC(=O)c1ccc(C)c(Cl)c1. The van der Waals surface area contributed by atoms with Gasteiger partial charge >= 0.3 is 0 Å². The average Bonchev–Trinajstić information content (AvgIpc) is 2.21. The minimum Gasteiger partial charge on any atom is -0.294 e. The van der Waals surface area contributed by atoms with Gasteiger partial charge in [-0.2, -0.15) is 0 Å². The molecular weight excluding hydrogens is 208 g/mol. The number of Topliss-reactive ketones (excluding diaryl/α,β-unsaturated/α-hetero) is 1. The molecule has 1 rings (SSSR count). The third-order valence-corrected chi connectivity index (χ3v) is 3.13. The first-order chi connectivity index (χ1) is 7.04. The molecule has 0 aliphatic rings. The second-order valence-corrected chi connectivity index (χ2v) is 4.51. The van der Waals surface area contributed by atoms with Gasteiger partial charge in [-0.05, 0) is 24.5 Å². The van der Waals surface area contributed by atoms with Crippen molar-refractivity contribution in [2.24, 2.45) is 5.92 Å². The van der Waals surface area contributed by atoms with Crippen LogP contribution in [0.5, 0.6) is 0 Å². The van der Waals surface area contributed by atoms with E-state index in [0.29, 0.717) is 17.4 Å². The van der Waals surface area contributed by atoms with Gasteiger partial charge in [-0.3, -0.25) is 4.79 Å². The van der Waals surface area contributed by atoms with Crippen molar-refractivity contribution >= 4 is 17.4 Å². The lowest BCUT2D eigenvalue weighted by atomic mass is 9.97. The Hall–Kier alpha value is -0.820. The summed E-state index contributed by atoms with van der Waals surface area (Å²) < 4.78 is 0. The Kier molecular flexibility index (Phi) is 4.34. The summed E-state index contributed by atoms with van der Waals surface area (Å²) in [6.07, 6.45) is 1.64. The van der Waals surface area contributed by atoms with Gasteiger partial charge < -0.3 is 0 Å². The van der Waals surface area contributed by atoms with Crippen molar-refractivity contribution in [3.63, 3.8) is 0 Å². The number of benzene rings is 1. The van der Waals surface area contributed by atoms with Gasteiger partial charge in [-0.25, -0.2) is 0 Å². The molecule has 0 fully saturated rings. The second-order valence-electron chi connectivity index (χ2n) is 4.10. The summed E-state index contributed by atoms with van der Waals surface area (Å²) >= 11 is 5.98. The van der Waals surface area contributed by atoms with E-state index in [9.17, 15) is 4.79 Å². The Bertz CT molecular complexity index is 358. The lowest BCUT2D eigenvalue weighted by Gasteiger charge is -2.08. The maximum absolute atomic E-state index is 11.8. The summed E-state index contributed by atoms with van der Waals surface area (Å²) in [4.78, 5) is 11.8. The molecule has 0 amide bonds. The number of hydrogen-bond donors (Lipinski definition) is 0. The number of carbonyl (C=O) groups is 1. The average molecular weight is 225 g/mol. The summed E-state index contributed by atoms with van der Waals surface area (Å²) in [6, 6.07) is 5.51. The normalized spacial score (nSPS) is 12.5. The van der Waals surface area contributed by atoms with Crippen LogP contribution in [0.3, 0.4) is 0 Å². The Morgan fingerprint density at radius 1 is 1.47 bits per heavy atom. The van der Waals surface area contributed by atoms with Crippen LogP contribution in [0.25, 0.3) is 0 Å². The maximum Gasteiger partial charge on any atom is 0.163 e. The number of halogens is 1. The summed E-state index contributed by atoms with van der Waals surface area (Å²) in [6.45, 7) is 6.12. The van der Waals surface area contributed by atoms with Crippen molar-refractivity contribution in [2.45, 2.75) is 33.6 Å². The van der Waals surface area contributed by atoms with Crippen molar-refractivity contribution in [1.82, 2.24) is 0 Å². The fourth-order valence-corrected chi connectivity index (χ4v) is 1.53. The van der Waals surface area contributed by atoms with Crippen LogP contribution < -0.4 is 0 Å². The first-order valence-electron chi connectivity index (χ1n) is 5.34. The summed E-state index contributed by atoms with van der Waals surface area (Å²) in [5.41, 5.74) is 1.74. The minimum absolute atomic E-state index is 0.186. The third kappa shape index (κ3) is 3.35. The standard InChI is InChI=1S/C13H17ClO/c1-4-9(2)7-13(15)11-6-5-10(3)12(14)8-11/h5-6,8-9H,4,7H2,1-3H3. The van der Waals surface area contributed by atoms with Crippen molar-refractivity contribution in [3.8, 4) is 0 Å². The molecule has 1 atom stereocenters. The number of ketones is 1. The highest BCUT2D eigenvalue weighted by Gasteiger charge is 2.10. The molecule has 0 saturated heterocycles. The van der Waals surface area contributed by atoms with Gasteiger partial charge in [0.15, 0.2) is 5.78 Å². The first-order valence-corrected chi connectivity index (χ1v) is 5.71. The Balaban J connectivity index is 2.78. The molecule has 0 aliphatic heterocycles. The van der Waals surface area contributed by atoms with Crippen molar-refractivity contribution in [1.29, 1.82) is 0 Å². The number of aryl methyl sites for hydroxylation is 1. The third-order valence-electron chi connectivity index (χ3n) is 2.72. The van der Waals surface area contributed by atoms with Crippen molar-refractivity contribution < 1.29 is 4.79 Å². The fourth-order valence-electron chi connectivity index (χ4n) is 1.34. The Labute approximate surface area is 96.5 Å². The molecular formula is C13H17ClO. The molecule has 1 aromatic carbocycles. The zero-order chi connectivity index (χ0) is 11.4. The highest BCUT2D eigenvalue weighted by atomic mass is 35.5. The molecule has 1 aromatic rings. The molecule has 15 heavy (non-hydrogen) atoms. The number of carbonyl (C=O) groups excluding carboxylic acids is 1. The highest BCUT2D eigenvalue weighted by Crippen LogP contribution is 2.19. The molecule has 1 unspecified atom stereocenters. The van der Waals surface area contributed by atoms with Gasteiger partial charge in [0.1, 0.15) is 0 Å². The molecule has 0 aromatic heterocycles. The van der Waals surface area contributed by atoms with E-state index < -0.39 is 0 Å². The number of rotatable bonds is 4. The van der Waals surface area contributed by atoms with E-state index in [2.05, 4.69) is 13.8 Å². The molecule has 0 saturated carbocycles. The Morgan fingerprint density at radius 2 is 2.13 bits per heavy atom. The predicted octanol–water partition coefficient (Wildman–Crippen LogP) is 4.27. The van der Waals surface area contributed by atoms with E-state index in [1.165, 1.54) is 0 Å². The van der Waals surface area contributed by atoms with Crippen LogP contribution >= 0.6 is 11.6 Å². The second kappa shape index (κ2) is 5.32. The monoisotopic (exact) mass is 224 g/mol. The zero-order valence-corrected chi connectivity index (χ0v) is 10.3. The fraction of sp³-hybridized carbons (Fsp3) is 0.462. The van der Waals surface area contributed by atoms with E-state index in [4.69, 9.17) is 11.6 Å². The van der Waals surface area contributed by atoms with Crippen LogP contribution in [-0.2, 0) is 0 Å². The van der Waals surface area contributed by atoms with Gasteiger partial charge in [0.2, 0.25) is 0 Å². The highest BCUT2D eigenvalue weighted by molar-refractivity contribution is 6.31. The van der Waals surface area contributed by atoms with Gasteiger partial charge in [0, 0.05) is 17.0 Å². The smallest absolute Gasteiger partial charge is 0.163 e. The van der Waals surface area contributed by atoms with Crippen LogP contribution in [0.15, 0.2) is 18.2 Å². The lowest BCUT2D eigenvalue weighted by Crippen LogP contribution is -2.05. The van der Waals surface area contributed by atoms with Gasteiger partial charge in [-0.15, -0.1) is 0 Å². The van der Waals surface area contributed by atoms with Gasteiger partial charge in [-0.1, -0.05) is 44.0 Å². The zero-order valence-electron chi connectivity index (χ0n) is 9.51. The van der Waals surface area contributed by atoms with Crippen molar-refractivity contribution in [2.75, 3.05) is 0 Å². The molecule has 0 heterocycles. The first kappa shape index (κ1) is 12.3. The van der Waals surface area contributed by atoms with Crippen LogP contribution in [0.4, 0.5) is 0 Å². The van der Waals surface area contributed by atoms with E-state index in [1.54, 1.807) is 6.07 Å². The maximum atomic E-state index is 11.8. The van der Waals surface area contributed by atoms with Crippen LogP contribution in [0.1, 0.15) is 42.6 Å². The topological polar surface area (TPSA) is 17.1 Å².